The molecule has 1 aromatic carbocycles. The fraction of sp³-hybridized carbons (Fsp3) is 0.333. The van der Waals surface area contributed by atoms with Gasteiger partial charge in [0.1, 0.15) is 18.9 Å². The molecule has 128 valence electrons. The van der Waals surface area contributed by atoms with Gasteiger partial charge in [0.2, 0.25) is 11.8 Å². The first-order valence-corrected chi connectivity index (χ1v) is 7.13. The number of benzene rings is 1. The number of anilines is 1. The Morgan fingerprint density at radius 1 is 1.25 bits per heavy atom. The second kappa shape index (κ2) is 7.07. The SMILES string of the molecule is CN(CC(=O)Nc1ccc(F)cc1)C(=O)CN1C(=O)CN(C)C1=O. The van der Waals surface area contributed by atoms with Crippen molar-refractivity contribution in [3.63, 3.8) is 0 Å². The predicted molar refractivity (Wildman–Crippen MR) is 82.4 cm³/mol. The summed E-state index contributed by atoms with van der Waals surface area (Å²) in [7, 11) is 2.85. The molecular weight excluding hydrogens is 319 g/mol. The van der Waals surface area contributed by atoms with Gasteiger partial charge in [0.05, 0.1) is 6.54 Å². The molecule has 24 heavy (non-hydrogen) atoms. The third-order valence-electron chi connectivity index (χ3n) is 3.46. The van der Waals surface area contributed by atoms with Crippen LogP contribution in [0.2, 0.25) is 0 Å². The zero-order valence-corrected chi connectivity index (χ0v) is 13.3. The molecular formula is C15H17FN4O4. The number of hydrogen-bond donors (Lipinski definition) is 1. The Kier molecular flexibility index (Phi) is 5.12. The Morgan fingerprint density at radius 2 is 1.88 bits per heavy atom. The largest absolute Gasteiger partial charge is 0.335 e. The van der Waals surface area contributed by atoms with Gasteiger partial charge in [-0.3, -0.25) is 19.3 Å². The first-order valence-electron chi connectivity index (χ1n) is 7.13. The number of imide groups is 1. The van der Waals surface area contributed by atoms with Gasteiger partial charge in [0.25, 0.3) is 5.91 Å². The molecule has 1 fully saturated rings. The summed E-state index contributed by atoms with van der Waals surface area (Å²) in [6.07, 6.45) is 0. The van der Waals surface area contributed by atoms with Crippen molar-refractivity contribution in [3.8, 4) is 0 Å². The van der Waals surface area contributed by atoms with Gasteiger partial charge in [0.15, 0.2) is 0 Å². The summed E-state index contributed by atoms with van der Waals surface area (Å²) in [5, 5.41) is 2.52. The van der Waals surface area contributed by atoms with Crippen molar-refractivity contribution in [3.05, 3.63) is 30.1 Å². The molecule has 1 N–H and O–H groups in total. The number of likely N-dealkylation sites (N-methyl/N-ethyl adjacent to an activating group) is 2. The van der Waals surface area contributed by atoms with E-state index in [1.54, 1.807) is 0 Å². The van der Waals surface area contributed by atoms with E-state index in [1.807, 2.05) is 0 Å². The zero-order valence-electron chi connectivity index (χ0n) is 13.3. The molecule has 1 saturated heterocycles. The molecule has 8 nitrogen and oxygen atoms in total. The minimum Gasteiger partial charge on any atom is -0.335 e. The fourth-order valence-corrected chi connectivity index (χ4v) is 2.12. The number of nitrogens with one attached hydrogen (secondary N) is 1. The summed E-state index contributed by atoms with van der Waals surface area (Å²) in [5.41, 5.74) is 0.397. The molecule has 0 aromatic heterocycles. The number of amides is 5. The van der Waals surface area contributed by atoms with E-state index in [4.69, 9.17) is 0 Å². The highest BCUT2D eigenvalue weighted by Crippen LogP contribution is 2.09. The number of nitrogens with zero attached hydrogens (tertiary/aromatic N) is 3. The third-order valence-corrected chi connectivity index (χ3v) is 3.46. The van der Waals surface area contributed by atoms with E-state index in [0.717, 1.165) is 9.80 Å². The molecule has 0 radical (unpaired) electrons. The third kappa shape index (κ3) is 4.06. The first-order chi connectivity index (χ1) is 11.3. The Balaban J connectivity index is 1.87. The van der Waals surface area contributed by atoms with Crippen LogP contribution >= 0.6 is 0 Å². The summed E-state index contributed by atoms with van der Waals surface area (Å²) in [5.74, 6) is -1.90. The van der Waals surface area contributed by atoms with Crippen molar-refractivity contribution < 1.29 is 23.6 Å². The molecule has 0 aliphatic carbocycles. The van der Waals surface area contributed by atoms with Crippen molar-refractivity contribution in [2.24, 2.45) is 0 Å². The molecule has 0 spiro atoms. The molecule has 0 saturated carbocycles. The Hall–Kier alpha value is -2.97. The molecule has 9 heteroatoms. The predicted octanol–water partition coefficient (Wildman–Crippen LogP) is 0.117. The molecule has 1 aromatic rings. The Bertz CT molecular complexity index is 677. The van der Waals surface area contributed by atoms with Gasteiger partial charge in [-0.05, 0) is 24.3 Å². The zero-order chi connectivity index (χ0) is 17.9. The summed E-state index contributed by atoms with van der Waals surface area (Å²) in [6.45, 7) is -0.745. The van der Waals surface area contributed by atoms with Gasteiger partial charge in [-0.25, -0.2) is 9.18 Å². The lowest BCUT2D eigenvalue weighted by Gasteiger charge is -2.20. The van der Waals surface area contributed by atoms with Crippen LogP contribution in [0.1, 0.15) is 0 Å². The van der Waals surface area contributed by atoms with E-state index < -0.39 is 36.1 Å². The summed E-state index contributed by atoms with van der Waals surface area (Å²) in [4.78, 5) is 50.4. The Morgan fingerprint density at radius 3 is 2.42 bits per heavy atom. The van der Waals surface area contributed by atoms with Crippen LogP contribution in [0.25, 0.3) is 0 Å². The first kappa shape index (κ1) is 17.4. The lowest BCUT2D eigenvalue weighted by atomic mass is 10.3. The van der Waals surface area contributed by atoms with Crippen molar-refractivity contribution in [1.82, 2.24) is 14.7 Å². The summed E-state index contributed by atoms with van der Waals surface area (Å²) in [6, 6.07) is 4.65. The quantitative estimate of drug-likeness (QED) is 0.773. The van der Waals surface area contributed by atoms with Gasteiger partial charge in [-0.15, -0.1) is 0 Å². The molecule has 0 atom stereocenters. The van der Waals surface area contributed by atoms with Crippen molar-refractivity contribution in [1.29, 1.82) is 0 Å². The van der Waals surface area contributed by atoms with E-state index in [2.05, 4.69) is 5.32 Å². The highest BCUT2D eigenvalue weighted by Gasteiger charge is 2.35. The topological polar surface area (TPSA) is 90.0 Å². The molecule has 2 rings (SSSR count). The monoisotopic (exact) mass is 336 g/mol. The highest BCUT2D eigenvalue weighted by molar-refractivity contribution is 6.04. The molecule has 1 heterocycles. The molecule has 0 unspecified atom stereocenters. The molecule has 5 amide bonds. The van der Waals surface area contributed by atoms with E-state index in [9.17, 15) is 23.6 Å². The van der Waals surface area contributed by atoms with Gasteiger partial charge in [0, 0.05) is 19.8 Å². The number of carbonyl (C=O) groups is 4. The lowest BCUT2D eigenvalue weighted by molar-refractivity contribution is -0.137. The summed E-state index contributed by atoms with van der Waals surface area (Å²) < 4.78 is 12.8. The van der Waals surface area contributed by atoms with Crippen LogP contribution in [0.15, 0.2) is 24.3 Å². The molecule has 0 bridgehead atoms. The highest BCUT2D eigenvalue weighted by atomic mass is 19.1. The fourth-order valence-electron chi connectivity index (χ4n) is 2.12. The summed E-state index contributed by atoms with van der Waals surface area (Å²) >= 11 is 0. The van der Waals surface area contributed by atoms with Gasteiger partial charge in [-0.2, -0.15) is 0 Å². The lowest BCUT2D eigenvalue weighted by Crippen LogP contribution is -2.44. The number of carbonyl (C=O) groups excluding carboxylic acids is 4. The van der Waals surface area contributed by atoms with Crippen molar-refractivity contribution in [2.45, 2.75) is 0 Å². The second-order valence-corrected chi connectivity index (χ2v) is 5.42. The standard InChI is InChI=1S/C15H17FN4O4/c1-18(7-12(21)17-11-5-3-10(16)4-6-11)13(22)9-20-14(23)8-19(2)15(20)24/h3-6H,7-9H2,1-2H3,(H,17,21). The van der Waals surface area contributed by atoms with Crippen LogP contribution < -0.4 is 5.32 Å². The van der Waals surface area contributed by atoms with E-state index in [1.165, 1.54) is 43.3 Å². The van der Waals surface area contributed by atoms with Crippen LogP contribution in [0.5, 0.6) is 0 Å². The maximum atomic E-state index is 12.8. The number of hydrogen-bond acceptors (Lipinski definition) is 4. The number of rotatable bonds is 5. The van der Waals surface area contributed by atoms with Gasteiger partial charge in [-0.1, -0.05) is 0 Å². The number of halogens is 1. The minimum atomic E-state index is -0.544. The normalized spacial score (nSPS) is 14.1. The Labute approximate surface area is 137 Å². The molecule has 1 aliphatic heterocycles. The maximum Gasteiger partial charge on any atom is 0.327 e. The van der Waals surface area contributed by atoms with Gasteiger partial charge < -0.3 is 15.1 Å². The average molecular weight is 336 g/mol. The van der Waals surface area contributed by atoms with E-state index in [0.29, 0.717) is 5.69 Å². The van der Waals surface area contributed by atoms with E-state index in [-0.39, 0.29) is 13.1 Å². The van der Waals surface area contributed by atoms with Gasteiger partial charge >= 0.3 is 6.03 Å². The van der Waals surface area contributed by atoms with Crippen molar-refractivity contribution in [2.75, 3.05) is 39.0 Å². The smallest absolute Gasteiger partial charge is 0.327 e. The van der Waals surface area contributed by atoms with Crippen LogP contribution in [0, 0.1) is 5.82 Å². The van der Waals surface area contributed by atoms with Crippen LogP contribution in [0.4, 0.5) is 14.9 Å². The average Bonchev–Trinajstić information content (AvgIpc) is 2.75. The van der Waals surface area contributed by atoms with Crippen molar-refractivity contribution >= 4 is 29.4 Å². The maximum absolute atomic E-state index is 12.8. The minimum absolute atomic E-state index is 0.0686. The van der Waals surface area contributed by atoms with Crippen LogP contribution in [0.3, 0.4) is 0 Å². The number of urea groups is 1. The van der Waals surface area contributed by atoms with Crippen LogP contribution in [-0.4, -0.2) is 72.2 Å². The van der Waals surface area contributed by atoms with Crippen LogP contribution in [-0.2, 0) is 14.4 Å². The molecule has 1 aliphatic rings. The van der Waals surface area contributed by atoms with E-state index >= 15 is 0 Å². The second-order valence-electron chi connectivity index (χ2n) is 5.42.